The van der Waals surface area contributed by atoms with E-state index in [0.29, 0.717) is 6.04 Å². The highest BCUT2D eigenvalue weighted by Crippen LogP contribution is 2.08. The quantitative estimate of drug-likeness (QED) is 0.802. The number of rotatable bonds is 7. The third-order valence-corrected chi connectivity index (χ3v) is 3.60. The lowest BCUT2D eigenvalue weighted by Gasteiger charge is -2.21. The van der Waals surface area contributed by atoms with Gasteiger partial charge in [0.1, 0.15) is 0 Å². The van der Waals surface area contributed by atoms with E-state index in [1.54, 1.807) is 0 Å². The van der Waals surface area contributed by atoms with E-state index in [1.807, 2.05) is 6.20 Å². The first-order chi connectivity index (χ1) is 8.79. The third kappa shape index (κ3) is 3.82. The molecule has 1 unspecified atom stereocenters. The molecule has 0 bridgehead atoms. The van der Waals surface area contributed by atoms with Gasteiger partial charge in [0.15, 0.2) is 0 Å². The van der Waals surface area contributed by atoms with Crippen molar-refractivity contribution in [2.24, 2.45) is 0 Å². The molecule has 0 radical (unpaired) electrons. The van der Waals surface area contributed by atoms with Crippen molar-refractivity contribution < 1.29 is 0 Å². The van der Waals surface area contributed by atoms with Crippen molar-refractivity contribution in [2.45, 2.75) is 52.2 Å². The summed E-state index contributed by atoms with van der Waals surface area (Å²) in [4.78, 5) is 2.56. The average molecular weight is 250 g/mol. The Morgan fingerprint density at radius 2 is 2.17 bits per heavy atom. The lowest BCUT2D eigenvalue weighted by atomic mass is 10.3. The largest absolute Gasteiger partial charge is 0.307 e. The third-order valence-electron chi connectivity index (χ3n) is 3.60. The van der Waals surface area contributed by atoms with Crippen molar-refractivity contribution in [1.29, 1.82) is 0 Å². The Labute approximate surface area is 110 Å². The molecule has 18 heavy (non-hydrogen) atoms. The topological polar surface area (TPSA) is 33.1 Å². The van der Waals surface area contributed by atoms with Crippen molar-refractivity contribution in [3.05, 3.63) is 18.0 Å². The van der Waals surface area contributed by atoms with E-state index in [1.165, 1.54) is 38.2 Å². The van der Waals surface area contributed by atoms with Gasteiger partial charge < -0.3 is 10.2 Å². The van der Waals surface area contributed by atoms with Crippen molar-refractivity contribution in [3.63, 3.8) is 0 Å². The van der Waals surface area contributed by atoms with Crippen LogP contribution in [-0.4, -0.2) is 40.4 Å². The molecule has 1 aliphatic heterocycles. The Hall–Kier alpha value is -0.870. The van der Waals surface area contributed by atoms with E-state index in [2.05, 4.69) is 39.9 Å². The second-order valence-corrected chi connectivity index (χ2v) is 5.34. The van der Waals surface area contributed by atoms with Crippen LogP contribution in [0, 0.1) is 0 Å². The number of aryl methyl sites for hydroxylation is 1. The number of hydrogen-bond donors (Lipinski definition) is 1. The lowest BCUT2D eigenvalue weighted by molar-refractivity contribution is 0.297. The number of hydrogen-bond acceptors (Lipinski definition) is 3. The Morgan fingerprint density at radius 3 is 2.89 bits per heavy atom. The molecule has 1 N–H and O–H groups in total. The van der Waals surface area contributed by atoms with Gasteiger partial charge in [0, 0.05) is 31.9 Å². The molecule has 1 atom stereocenters. The molecule has 0 saturated carbocycles. The molecular formula is C14H26N4. The molecule has 0 aromatic carbocycles. The smallest absolute Gasteiger partial charge is 0.0522 e. The molecule has 1 aliphatic rings. The van der Waals surface area contributed by atoms with Gasteiger partial charge in [-0.1, -0.05) is 6.92 Å². The predicted molar refractivity (Wildman–Crippen MR) is 74.5 cm³/mol. The molecular weight excluding hydrogens is 224 g/mol. The van der Waals surface area contributed by atoms with Gasteiger partial charge in [-0.3, -0.25) is 4.68 Å². The predicted octanol–water partition coefficient (Wildman–Crippen LogP) is 1.87. The maximum atomic E-state index is 4.35. The molecule has 1 fully saturated rings. The molecule has 1 aromatic heterocycles. The van der Waals surface area contributed by atoms with Crippen molar-refractivity contribution in [3.8, 4) is 0 Å². The average Bonchev–Trinajstić information content (AvgIpc) is 2.99. The molecule has 0 aliphatic carbocycles. The minimum Gasteiger partial charge on any atom is -0.307 e. The van der Waals surface area contributed by atoms with Crippen LogP contribution in [0.15, 0.2) is 12.3 Å². The van der Waals surface area contributed by atoms with Gasteiger partial charge >= 0.3 is 0 Å². The Morgan fingerprint density at radius 1 is 1.39 bits per heavy atom. The minimum absolute atomic E-state index is 0.549. The summed E-state index contributed by atoms with van der Waals surface area (Å²) in [5.74, 6) is 0. The van der Waals surface area contributed by atoms with Gasteiger partial charge in [0.2, 0.25) is 0 Å². The van der Waals surface area contributed by atoms with Crippen LogP contribution in [0.4, 0.5) is 0 Å². The van der Waals surface area contributed by atoms with Crippen LogP contribution in [0.25, 0.3) is 0 Å². The summed E-state index contributed by atoms with van der Waals surface area (Å²) in [6.45, 7) is 10.1. The fourth-order valence-corrected chi connectivity index (χ4v) is 2.62. The molecule has 4 heteroatoms. The Bertz CT molecular complexity index is 341. The fraction of sp³-hybridized carbons (Fsp3) is 0.786. The SMILES string of the molecule is CCCn1nccc1CNC(C)CN1CCCC1. The second-order valence-electron chi connectivity index (χ2n) is 5.34. The highest BCUT2D eigenvalue weighted by molar-refractivity contribution is 5.00. The van der Waals surface area contributed by atoms with Crippen LogP contribution >= 0.6 is 0 Å². The van der Waals surface area contributed by atoms with E-state index in [0.717, 1.165) is 19.5 Å². The van der Waals surface area contributed by atoms with E-state index >= 15 is 0 Å². The van der Waals surface area contributed by atoms with Crippen LogP contribution in [0.3, 0.4) is 0 Å². The first-order valence-electron chi connectivity index (χ1n) is 7.26. The lowest BCUT2D eigenvalue weighted by Crippen LogP contribution is -2.37. The summed E-state index contributed by atoms with van der Waals surface area (Å²) in [6.07, 6.45) is 5.78. The molecule has 2 heterocycles. The zero-order valence-corrected chi connectivity index (χ0v) is 11.7. The summed E-state index contributed by atoms with van der Waals surface area (Å²) in [5.41, 5.74) is 1.30. The standard InChI is InChI=1S/C14H26N4/c1-3-8-18-14(6-7-16-18)11-15-13(2)12-17-9-4-5-10-17/h6-7,13,15H,3-5,8-12H2,1-2H3. The summed E-state index contributed by atoms with van der Waals surface area (Å²) < 4.78 is 2.11. The normalized spacial score (nSPS) is 18.3. The minimum atomic E-state index is 0.549. The van der Waals surface area contributed by atoms with Crippen LogP contribution in [-0.2, 0) is 13.1 Å². The van der Waals surface area contributed by atoms with E-state index in [-0.39, 0.29) is 0 Å². The zero-order valence-electron chi connectivity index (χ0n) is 11.7. The Kier molecular flexibility index (Phi) is 5.20. The van der Waals surface area contributed by atoms with Crippen LogP contribution in [0.2, 0.25) is 0 Å². The summed E-state index contributed by atoms with van der Waals surface area (Å²) in [6, 6.07) is 2.67. The maximum absolute atomic E-state index is 4.35. The van der Waals surface area contributed by atoms with Gasteiger partial charge in [-0.15, -0.1) is 0 Å². The molecule has 0 amide bonds. The summed E-state index contributed by atoms with van der Waals surface area (Å²) in [5, 5.41) is 7.96. The molecule has 1 aromatic rings. The number of aromatic nitrogens is 2. The van der Waals surface area contributed by atoms with Crippen molar-refractivity contribution in [1.82, 2.24) is 20.0 Å². The number of nitrogens with zero attached hydrogens (tertiary/aromatic N) is 3. The molecule has 102 valence electrons. The molecule has 0 spiro atoms. The first kappa shape index (κ1) is 13.6. The van der Waals surface area contributed by atoms with Crippen molar-refractivity contribution in [2.75, 3.05) is 19.6 Å². The highest BCUT2D eigenvalue weighted by atomic mass is 15.3. The Balaban J connectivity index is 1.74. The van der Waals surface area contributed by atoms with E-state index < -0.39 is 0 Å². The first-order valence-corrected chi connectivity index (χ1v) is 7.26. The van der Waals surface area contributed by atoms with Gasteiger partial charge in [-0.05, 0) is 45.3 Å². The highest BCUT2D eigenvalue weighted by Gasteiger charge is 2.14. The van der Waals surface area contributed by atoms with E-state index in [4.69, 9.17) is 0 Å². The van der Waals surface area contributed by atoms with Crippen molar-refractivity contribution >= 4 is 0 Å². The second kappa shape index (κ2) is 6.90. The fourth-order valence-electron chi connectivity index (χ4n) is 2.62. The van der Waals surface area contributed by atoms with E-state index in [9.17, 15) is 0 Å². The molecule has 2 rings (SSSR count). The monoisotopic (exact) mass is 250 g/mol. The maximum Gasteiger partial charge on any atom is 0.0522 e. The number of nitrogens with one attached hydrogen (secondary N) is 1. The molecule has 1 saturated heterocycles. The molecule has 4 nitrogen and oxygen atoms in total. The van der Waals surface area contributed by atoms with Crippen LogP contribution < -0.4 is 5.32 Å². The van der Waals surface area contributed by atoms with Gasteiger partial charge in [-0.25, -0.2) is 0 Å². The van der Waals surface area contributed by atoms with Gasteiger partial charge in [-0.2, -0.15) is 5.10 Å². The summed E-state index contributed by atoms with van der Waals surface area (Å²) >= 11 is 0. The van der Waals surface area contributed by atoms with Crippen LogP contribution in [0.1, 0.15) is 38.8 Å². The van der Waals surface area contributed by atoms with Gasteiger partial charge in [0.25, 0.3) is 0 Å². The zero-order chi connectivity index (χ0) is 12.8. The van der Waals surface area contributed by atoms with Gasteiger partial charge in [0.05, 0.1) is 5.69 Å². The summed E-state index contributed by atoms with van der Waals surface area (Å²) in [7, 11) is 0. The van der Waals surface area contributed by atoms with Crippen LogP contribution in [0.5, 0.6) is 0 Å². The number of likely N-dealkylation sites (tertiary alicyclic amines) is 1.